The molecule has 3 unspecified atom stereocenters. The molecular formula is C27H41N3O4. The van der Waals surface area contributed by atoms with E-state index in [1.807, 2.05) is 30.9 Å². The Balaban J connectivity index is 1.34. The fraction of sp³-hybridized carbons (Fsp3) is 0.778. The molecule has 2 aliphatic carbocycles. The Morgan fingerprint density at radius 2 is 1.44 bits per heavy atom. The van der Waals surface area contributed by atoms with Crippen LogP contribution in [-0.2, 0) is 19.2 Å². The lowest BCUT2D eigenvalue weighted by Crippen LogP contribution is -2.57. The summed E-state index contributed by atoms with van der Waals surface area (Å²) in [6.07, 6.45) is 13.6. The van der Waals surface area contributed by atoms with Crippen molar-refractivity contribution >= 4 is 23.6 Å². The van der Waals surface area contributed by atoms with Gasteiger partial charge in [-0.05, 0) is 37.5 Å². The fourth-order valence-electron chi connectivity index (χ4n) is 6.24. The summed E-state index contributed by atoms with van der Waals surface area (Å²) < 4.78 is 0. The van der Waals surface area contributed by atoms with Gasteiger partial charge in [-0.1, -0.05) is 58.1 Å². The van der Waals surface area contributed by atoms with E-state index in [1.54, 1.807) is 4.90 Å². The molecule has 0 aromatic carbocycles. The van der Waals surface area contributed by atoms with Crippen LogP contribution in [0.2, 0.25) is 0 Å². The topological polar surface area (TPSA) is 78.0 Å². The molecule has 3 fully saturated rings. The molecule has 4 amide bonds. The van der Waals surface area contributed by atoms with Crippen LogP contribution in [0.3, 0.4) is 0 Å². The van der Waals surface area contributed by atoms with Gasteiger partial charge in [-0.25, -0.2) is 0 Å². The van der Waals surface area contributed by atoms with Crippen molar-refractivity contribution in [2.45, 2.75) is 84.1 Å². The number of piperazine rings is 1. The first kappa shape index (κ1) is 24.9. The first-order chi connectivity index (χ1) is 16.4. The number of carbonyl (C=O) groups excluding carboxylic acids is 4. The van der Waals surface area contributed by atoms with E-state index >= 15 is 0 Å². The average molecular weight is 472 g/mol. The number of nitrogens with zero attached hydrogens (tertiary/aromatic N) is 3. The molecule has 0 aromatic heterocycles. The van der Waals surface area contributed by atoms with Crippen molar-refractivity contribution in [3.63, 3.8) is 0 Å². The molecule has 34 heavy (non-hydrogen) atoms. The number of carbonyl (C=O) groups is 4. The van der Waals surface area contributed by atoms with Gasteiger partial charge in [0.05, 0.1) is 11.8 Å². The van der Waals surface area contributed by atoms with E-state index in [0.29, 0.717) is 57.8 Å². The maximum absolute atomic E-state index is 13.6. The van der Waals surface area contributed by atoms with E-state index in [2.05, 4.69) is 0 Å². The third kappa shape index (κ3) is 5.38. The fourth-order valence-corrected chi connectivity index (χ4v) is 6.24. The summed E-state index contributed by atoms with van der Waals surface area (Å²) in [4.78, 5) is 57.6. The lowest BCUT2D eigenvalue weighted by Gasteiger charge is -2.38. The van der Waals surface area contributed by atoms with Gasteiger partial charge in [0.2, 0.25) is 23.6 Å². The van der Waals surface area contributed by atoms with Crippen LogP contribution in [0.5, 0.6) is 0 Å². The predicted octanol–water partition coefficient (Wildman–Crippen LogP) is 3.38. The molecule has 0 radical (unpaired) electrons. The Morgan fingerprint density at radius 1 is 0.882 bits per heavy atom. The summed E-state index contributed by atoms with van der Waals surface area (Å²) in [6.45, 7) is 6.02. The summed E-state index contributed by atoms with van der Waals surface area (Å²) >= 11 is 0. The highest BCUT2D eigenvalue weighted by Crippen LogP contribution is 2.37. The number of likely N-dealkylation sites (tertiary alicyclic amines) is 1. The SMILES string of the molecule is CC(C)CC(C(=O)N1CCN(C(=O)CCC2CCCCC2)CC1)N1C(=O)C2CC=CCC2C1=O. The van der Waals surface area contributed by atoms with E-state index in [1.165, 1.54) is 37.0 Å². The van der Waals surface area contributed by atoms with E-state index in [9.17, 15) is 19.2 Å². The summed E-state index contributed by atoms with van der Waals surface area (Å²) in [5.41, 5.74) is 0. The van der Waals surface area contributed by atoms with Crippen LogP contribution in [0.25, 0.3) is 0 Å². The van der Waals surface area contributed by atoms with Crippen molar-refractivity contribution in [1.29, 1.82) is 0 Å². The molecule has 7 nitrogen and oxygen atoms in total. The standard InChI is InChI=1S/C27H41N3O4/c1-19(2)18-23(30-25(32)21-10-6-7-11-22(21)26(30)33)27(34)29-16-14-28(15-17-29)24(31)13-12-20-8-4-3-5-9-20/h6-7,19-23H,3-5,8-18H2,1-2H3. The van der Waals surface area contributed by atoms with Gasteiger partial charge in [-0.3, -0.25) is 24.1 Å². The molecule has 4 aliphatic rings. The Morgan fingerprint density at radius 3 is 2.00 bits per heavy atom. The number of imide groups is 1. The lowest BCUT2D eigenvalue weighted by molar-refractivity contribution is -0.153. The van der Waals surface area contributed by atoms with E-state index in [0.717, 1.165) is 6.42 Å². The zero-order valence-electron chi connectivity index (χ0n) is 20.9. The minimum absolute atomic E-state index is 0.142. The lowest BCUT2D eigenvalue weighted by atomic mass is 9.85. The molecule has 0 N–H and O–H groups in total. The number of hydrogen-bond donors (Lipinski definition) is 0. The smallest absolute Gasteiger partial charge is 0.246 e. The monoisotopic (exact) mass is 471 g/mol. The van der Waals surface area contributed by atoms with Gasteiger partial charge < -0.3 is 9.80 Å². The molecule has 0 bridgehead atoms. The molecule has 0 spiro atoms. The highest BCUT2D eigenvalue weighted by Gasteiger charge is 2.51. The third-order valence-corrected chi connectivity index (χ3v) is 8.27. The molecule has 188 valence electrons. The normalized spacial score (nSPS) is 26.9. The minimum atomic E-state index is -0.737. The molecule has 2 heterocycles. The molecular weight excluding hydrogens is 430 g/mol. The average Bonchev–Trinajstić information content (AvgIpc) is 3.11. The van der Waals surface area contributed by atoms with Crippen LogP contribution in [0, 0.1) is 23.7 Å². The molecule has 7 heteroatoms. The van der Waals surface area contributed by atoms with Gasteiger partial charge in [0, 0.05) is 32.6 Å². The van der Waals surface area contributed by atoms with Crippen molar-refractivity contribution in [1.82, 2.24) is 14.7 Å². The molecule has 4 rings (SSSR count). The Hall–Kier alpha value is -2.18. The van der Waals surface area contributed by atoms with E-state index in [4.69, 9.17) is 0 Å². The number of allylic oxidation sites excluding steroid dienone is 2. The Bertz CT molecular complexity index is 783. The van der Waals surface area contributed by atoms with Crippen LogP contribution >= 0.6 is 0 Å². The number of fused-ring (bicyclic) bond motifs is 1. The first-order valence-corrected chi connectivity index (χ1v) is 13.4. The van der Waals surface area contributed by atoms with Gasteiger partial charge in [-0.15, -0.1) is 0 Å². The van der Waals surface area contributed by atoms with E-state index < -0.39 is 6.04 Å². The van der Waals surface area contributed by atoms with Gasteiger partial charge >= 0.3 is 0 Å². The van der Waals surface area contributed by atoms with Gasteiger partial charge in [0.25, 0.3) is 0 Å². The van der Waals surface area contributed by atoms with Crippen molar-refractivity contribution < 1.29 is 19.2 Å². The maximum atomic E-state index is 13.6. The molecule has 3 atom stereocenters. The quantitative estimate of drug-likeness (QED) is 0.421. The largest absolute Gasteiger partial charge is 0.339 e. The second-order valence-electron chi connectivity index (χ2n) is 11.1. The van der Waals surface area contributed by atoms with Gasteiger partial charge in [-0.2, -0.15) is 0 Å². The van der Waals surface area contributed by atoms with Gasteiger partial charge in [0.15, 0.2) is 0 Å². The van der Waals surface area contributed by atoms with Crippen molar-refractivity contribution in [3.05, 3.63) is 12.2 Å². The van der Waals surface area contributed by atoms with Crippen molar-refractivity contribution in [2.24, 2.45) is 23.7 Å². The minimum Gasteiger partial charge on any atom is -0.339 e. The zero-order chi connectivity index (χ0) is 24.2. The predicted molar refractivity (Wildman–Crippen MR) is 129 cm³/mol. The van der Waals surface area contributed by atoms with Crippen LogP contribution in [0.1, 0.15) is 78.1 Å². The van der Waals surface area contributed by atoms with Crippen LogP contribution < -0.4 is 0 Å². The van der Waals surface area contributed by atoms with Gasteiger partial charge in [0.1, 0.15) is 6.04 Å². The molecule has 2 aliphatic heterocycles. The summed E-state index contributed by atoms with van der Waals surface area (Å²) in [7, 11) is 0. The highest BCUT2D eigenvalue weighted by molar-refractivity contribution is 6.08. The molecule has 2 saturated heterocycles. The number of hydrogen-bond acceptors (Lipinski definition) is 4. The van der Waals surface area contributed by atoms with Crippen LogP contribution in [0.4, 0.5) is 0 Å². The number of rotatable bonds is 7. The highest BCUT2D eigenvalue weighted by atomic mass is 16.2. The molecule has 1 saturated carbocycles. The zero-order valence-corrected chi connectivity index (χ0v) is 20.9. The summed E-state index contributed by atoms with van der Waals surface area (Å²) in [6, 6.07) is -0.737. The summed E-state index contributed by atoms with van der Waals surface area (Å²) in [5, 5.41) is 0. The second kappa shape index (κ2) is 11.0. The van der Waals surface area contributed by atoms with E-state index in [-0.39, 0.29) is 41.4 Å². The summed E-state index contributed by atoms with van der Waals surface area (Å²) in [5.74, 6) is -0.0964. The first-order valence-electron chi connectivity index (χ1n) is 13.4. The Kier molecular flexibility index (Phi) is 8.10. The second-order valence-corrected chi connectivity index (χ2v) is 11.1. The Labute approximate surface area is 203 Å². The van der Waals surface area contributed by atoms with Crippen LogP contribution in [-0.4, -0.2) is 70.5 Å². The maximum Gasteiger partial charge on any atom is 0.246 e. The van der Waals surface area contributed by atoms with Crippen molar-refractivity contribution in [2.75, 3.05) is 26.2 Å². The molecule has 0 aromatic rings. The van der Waals surface area contributed by atoms with Crippen LogP contribution in [0.15, 0.2) is 12.2 Å². The number of amides is 4. The third-order valence-electron chi connectivity index (χ3n) is 8.27. The van der Waals surface area contributed by atoms with Crippen molar-refractivity contribution in [3.8, 4) is 0 Å².